The quantitative estimate of drug-likeness (QED) is 0.290. The molecular weight excluding hydrogens is 506 g/mol. The second kappa shape index (κ2) is 7.43. The molecule has 2 nitrogen and oxygen atoms in total. The molecule has 27 heavy (non-hydrogen) atoms. The number of ether oxygens (including phenoxy) is 1. The Morgan fingerprint density at radius 1 is 1.00 bits per heavy atom. The smallest absolute Gasteiger partial charge is 0.311 e. The van der Waals surface area contributed by atoms with Crippen LogP contribution in [-0.4, -0.2) is 12.1 Å². The fourth-order valence-corrected chi connectivity index (χ4v) is 7.39. The van der Waals surface area contributed by atoms with Gasteiger partial charge in [0.05, 0.1) is 5.41 Å². The standard InChI is InChI=1S/C24H39O2.Re/c1-22(2,3)21(25)26-17-10-14-24(5)16(15-17)8-9-18-19-7-6-12-23(19,4)13-11-20(18)24;/h12,16-20H,6-11,13-15H2,1-5H3;/q-1;/t16?,17-,18-,19-,20-,23-,24-;/m0./s1. The van der Waals surface area contributed by atoms with Crippen LogP contribution in [0.1, 0.15) is 92.4 Å². The van der Waals surface area contributed by atoms with Crippen LogP contribution in [0, 0.1) is 46.3 Å². The van der Waals surface area contributed by atoms with Gasteiger partial charge in [-0.3, -0.25) is 4.79 Å². The third-order valence-electron chi connectivity index (χ3n) is 9.03. The topological polar surface area (TPSA) is 26.3 Å². The van der Waals surface area contributed by atoms with Crippen molar-refractivity contribution in [3.63, 3.8) is 0 Å². The number of esters is 1. The fourth-order valence-electron chi connectivity index (χ4n) is 7.39. The minimum absolute atomic E-state index is 0. The molecule has 0 spiro atoms. The zero-order valence-electron chi connectivity index (χ0n) is 18.0. The van der Waals surface area contributed by atoms with Crippen LogP contribution in [-0.2, 0) is 30.0 Å². The zero-order chi connectivity index (χ0) is 18.7. The Labute approximate surface area is 180 Å². The molecule has 1 unspecified atom stereocenters. The van der Waals surface area contributed by atoms with Crippen LogP contribution in [0.3, 0.4) is 0 Å². The maximum Gasteiger partial charge on any atom is 0.311 e. The summed E-state index contributed by atoms with van der Waals surface area (Å²) in [5.74, 6) is 3.53. The molecule has 4 rings (SSSR count). The average molecular weight is 546 g/mol. The molecule has 4 fully saturated rings. The number of hydrogen-bond donors (Lipinski definition) is 0. The van der Waals surface area contributed by atoms with Gasteiger partial charge >= 0.3 is 5.97 Å². The van der Waals surface area contributed by atoms with E-state index in [9.17, 15) is 4.79 Å². The summed E-state index contributed by atoms with van der Waals surface area (Å²) in [4.78, 5) is 12.3. The monoisotopic (exact) mass is 546 g/mol. The molecule has 7 atom stereocenters. The summed E-state index contributed by atoms with van der Waals surface area (Å²) >= 11 is 0. The largest absolute Gasteiger partial charge is 0.462 e. The van der Waals surface area contributed by atoms with Crippen molar-refractivity contribution in [3.8, 4) is 0 Å². The van der Waals surface area contributed by atoms with Crippen molar-refractivity contribution < 1.29 is 30.0 Å². The van der Waals surface area contributed by atoms with Crippen LogP contribution < -0.4 is 0 Å². The van der Waals surface area contributed by atoms with Crippen LogP contribution in [0.5, 0.6) is 0 Å². The van der Waals surface area contributed by atoms with E-state index >= 15 is 0 Å². The fraction of sp³-hybridized carbons (Fsp3) is 0.917. The Hall–Kier alpha value is 0.132. The number of carbonyl (C=O) groups is 1. The molecule has 0 N–H and O–H groups in total. The molecule has 4 aliphatic carbocycles. The van der Waals surface area contributed by atoms with E-state index in [1.807, 2.05) is 20.8 Å². The maximum absolute atomic E-state index is 12.3. The minimum Gasteiger partial charge on any atom is -0.462 e. The van der Waals surface area contributed by atoms with Gasteiger partial charge in [0.15, 0.2) is 0 Å². The third kappa shape index (κ3) is 3.70. The SMILES string of the molecule is CC(C)(C)C(=O)O[C@H]1CC[C@@]2(C)C(CC[C@H]3[C@@H]4CC[CH-][C@@]4(C)CC[C@@H]32)C1.[Re]. The summed E-state index contributed by atoms with van der Waals surface area (Å²) in [6.45, 7) is 11.0. The van der Waals surface area contributed by atoms with E-state index in [0.29, 0.717) is 10.8 Å². The number of fused-ring (bicyclic) bond motifs is 5. The van der Waals surface area contributed by atoms with E-state index in [1.165, 1.54) is 44.9 Å². The first-order valence-corrected chi connectivity index (χ1v) is 11.2. The van der Waals surface area contributed by atoms with Gasteiger partial charge in [-0.25, -0.2) is 0 Å². The molecule has 4 saturated carbocycles. The van der Waals surface area contributed by atoms with Crippen LogP contribution in [0.15, 0.2) is 0 Å². The van der Waals surface area contributed by atoms with Crippen molar-refractivity contribution in [1.29, 1.82) is 0 Å². The van der Waals surface area contributed by atoms with Crippen molar-refractivity contribution in [3.05, 3.63) is 6.42 Å². The molecule has 0 aromatic heterocycles. The Morgan fingerprint density at radius 2 is 1.74 bits per heavy atom. The van der Waals surface area contributed by atoms with Crippen molar-refractivity contribution in [2.75, 3.05) is 0 Å². The summed E-state index contributed by atoms with van der Waals surface area (Å²) in [5, 5.41) is 0. The Kier molecular flexibility index (Phi) is 6.01. The van der Waals surface area contributed by atoms with Crippen molar-refractivity contribution in [2.45, 2.75) is 98.5 Å². The molecule has 0 aromatic carbocycles. The van der Waals surface area contributed by atoms with E-state index in [-0.39, 0.29) is 37.9 Å². The molecule has 3 heteroatoms. The molecule has 0 amide bonds. The molecule has 0 saturated heterocycles. The van der Waals surface area contributed by atoms with E-state index in [4.69, 9.17) is 4.74 Å². The van der Waals surface area contributed by atoms with Crippen molar-refractivity contribution in [1.82, 2.24) is 0 Å². The second-order valence-corrected chi connectivity index (χ2v) is 11.5. The number of rotatable bonds is 1. The maximum atomic E-state index is 12.3. The predicted molar refractivity (Wildman–Crippen MR) is 105 cm³/mol. The average Bonchev–Trinajstić information content (AvgIpc) is 2.96. The minimum atomic E-state index is -0.384. The number of hydrogen-bond acceptors (Lipinski definition) is 2. The molecular formula is C24H39O2Re-. The van der Waals surface area contributed by atoms with E-state index in [2.05, 4.69) is 20.3 Å². The Morgan fingerprint density at radius 3 is 2.44 bits per heavy atom. The van der Waals surface area contributed by atoms with Crippen LogP contribution in [0.2, 0.25) is 0 Å². The summed E-state index contributed by atoms with van der Waals surface area (Å²) in [5.41, 5.74) is 0.631. The molecule has 0 heterocycles. The van der Waals surface area contributed by atoms with E-state index in [0.717, 1.165) is 36.5 Å². The molecule has 155 valence electrons. The normalized spacial score (nSPS) is 46.5. The summed E-state index contributed by atoms with van der Waals surface area (Å²) < 4.78 is 5.93. The third-order valence-corrected chi connectivity index (χ3v) is 9.03. The van der Waals surface area contributed by atoms with Gasteiger partial charge in [-0.1, -0.05) is 39.0 Å². The Balaban J connectivity index is 0.00000210. The first-order chi connectivity index (χ1) is 12.1. The van der Waals surface area contributed by atoms with Crippen LogP contribution >= 0.6 is 0 Å². The Bertz CT molecular complexity index is 567. The van der Waals surface area contributed by atoms with Crippen LogP contribution in [0.4, 0.5) is 0 Å². The molecule has 0 aromatic rings. The van der Waals surface area contributed by atoms with Crippen molar-refractivity contribution in [2.24, 2.45) is 39.9 Å². The van der Waals surface area contributed by atoms with Gasteiger partial charge in [-0.15, -0.1) is 0 Å². The van der Waals surface area contributed by atoms with Gasteiger partial charge in [0.25, 0.3) is 0 Å². The summed E-state index contributed by atoms with van der Waals surface area (Å²) in [7, 11) is 0. The summed E-state index contributed by atoms with van der Waals surface area (Å²) in [6, 6.07) is 0. The molecule has 1 radical (unpaired) electrons. The van der Waals surface area contributed by atoms with Gasteiger partial charge in [-0.05, 0) is 76.0 Å². The van der Waals surface area contributed by atoms with Crippen molar-refractivity contribution >= 4 is 5.97 Å². The van der Waals surface area contributed by atoms with E-state index in [1.54, 1.807) is 0 Å². The predicted octanol–water partition coefficient (Wildman–Crippen LogP) is 6.19. The van der Waals surface area contributed by atoms with Gasteiger partial charge in [-0.2, -0.15) is 11.8 Å². The van der Waals surface area contributed by atoms with Gasteiger partial charge in [0.1, 0.15) is 6.10 Å². The van der Waals surface area contributed by atoms with Gasteiger partial charge in [0, 0.05) is 20.4 Å². The molecule has 0 aliphatic heterocycles. The first kappa shape index (κ1) is 21.8. The van der Waals surface area contributed by atoms with Crippen LogP contribution in [0.25, 0.3) is 0 Å². The number of carbonyl (C=O) groups excluding carboxylic acids is 1. The summed E-state index contributed by atoms with van der Waals surface area (Å²) in [6.07, 6.45) is 14.6. The zero-order valence-corrected chi connectivity index (χ0v) is 20.7. The second-order valence-electron chi connectivity index (χ2n) is 11.5. The molecule has 0 bridgehead atoms. The van der Waals surface area contributed by atoms with Gasteiger partial charge < -0.3 is 11.2 Å². The molecule has 4 aliphatic rings. The first-order valence-electron chi connectivity index (χ1n) is 11.2. The van der Waals surface area contributed by atoms with E-state index < -0.39 is 0 Å². The van der Waals surface area contributed by atoms with Gasteiger partial charge in [0.2, 0.25) is 0 Å².